The van der Waals surface area contributed by atoms with Crippen molar-refractivity contribution in [2.75, 3.05) is 26.8 Å². The van der Waals surface area contributed by atoms with Gasteiger partial charge >= 0.3 is 5.97 Å². The number of methoxy groups -OCH3 is 1. The van der Waals surface area contributed by atoms with Crippen LogP contribution in [0.1, 0.15) is 13.8 Å². The Hall–Kier alpha value is -1.14. The molecular formula is C10H20N2O4. The molecule has 0 aromatic rings. The van der Waals surface area contributed by atoms with Crippen LogP contribution >= 0.6 is 0 Å². The van der Waals surface area contributed by atoms with Crippen LogP contribution in [-0.2, 0) is 14.3 Å². The zero-order valence-corrected chi connectivity index (χ0v) is 9.97. The number of carboxylic acids is 1. The van der Waals surface area contributed by atoms with Crippen molar-refractivity contribution >= 4 is 11.9 Å². The lowest BCUT2D eigenvalue weighted by atomic mass is 10.0. The van der Waals surface area contributed by atoms with Crippen molar-refractivity contribution in [3.63, 3.8) is 0 Å². The van der Waals surface area contributed by atoms with Crippen LogP contribution in [0, 0.1) is 5.92 Å². The van der Waals surface area contributed by atoms with E-state index in [9.17, 15) is 9.59 Å². The maximum absolute atomic E-state index is 11.8. The van der Waals surface area contributed by atoms with E-state index in [1.165, 1.54) is 12.0 Å². The van der Waals surface area contributed by atoms with Gasteiger partial charge in [0.15, 0.2) is 0 Å². The minimum atomic E-state index is -1.06. The minimum absolute atomic E-state index is 0.0219. The number of aliphatic carboxylic acids is 1. The van der Waals surface area contributed by atoms with Gasteiger partial charge in [-0.05, 0) is 5.92 Å². The number of carbonyl (C=O) groups is 2. The first kappa shape index (κ1) is 14.9. The van der Waals surface area contributed by atoms with Crippen molar-refractivity contribution in [2.24, 2.45) is 11.7 Å². The third kappa shape index (κ3) is 5.09. The molecule has 3 N–H and O–H groups in total. The van der Waals surface area contributed by atoms with Crippen LogP contribution in [0.3, 0.4) is 0 Å². The third-order valence-corrected chi connectivity index (χ3v) is 2.21. The molecule has 0 bridgehead atoms. The molecule has 6 heteroatoms. The molecule has 0 aliphatic carbocycles. The number of ether oxygens (including phenoxy) is 1. The molecule has 0 spiro atoms. The molecular weight excluding hydrogens is 212 g/mol. The monoisotopic (exact) mass is 232 g/mol. The largest absolute Gasteiger partial charge is 0.480 e. The van der Waals surface area contributed by atoms with Gasteiger partial charge in [0.2, 0.25) is 5.91 Å². The molecule has 0 rings (SSSR count). The highest BCUT2D eigenvalue weighted by Gasteiger charge is 2.24. The van der Waals surface area contributed by atoms with E-state index < -0.39 is 12.0 Å². The third-order valence-electron chi connectivity index (χ3n) is 2.21. The summed E-state index contributed by atoms with van der Waals surface area (Å²) in [7, 11) is 1.49. The molecule has 0 heterocycles. The van der Waals surface area contributed by atoms with Crippen molar-refractivity contribution in [1.29, 1.82) is 0 Å². The van der Waals surface area contributed by atoms with E-state index in [0.717, 1.165) is 0 Å². The number of carbonyl (C=O) groups excluding carboxylic acids is 1. The Bertz CT molecular complexity index is 243. The number of carboxylic acid groups (broad SMARTS) is 1. The lowest BCUT2D eigenvalue weighted by Gasteiger charge is -2.25. The summed E-state index contributed by atoms with van der Waals surface area (Å²) in [5.41, 5.74) is 5.68. The second kappa shape index (κ2) is 7.19. The van der Waals surface area contributed by atoms with Gasteiger partial charge in [-0.15, -0.1) is 0 Å². The summed E-state index contributed by atoms with van der Waals surface area (Å²) >= 11 is 0. The average molecular weight is 232 g/mol. The number of nitrogens with zero attached hydrogens (tertiary/aromatic N) is 1. The van der Waals surface area contributed by atoms with Gasteiger partial charge in [0, 0.05) is 13.7 Å². The molecule has 1 amide bonds. The number of amides is 1. The van der Waals surface area contributed by atoms with Crippen LogP contribution in [0.4, 0.5) is 0 Å². The van der Waals surface area contributed by atoms with Crippen LogP contribution in [0.5, 0.6) is 0 Å². The summed E-state index contributed by atoms with van der Waals surface area (Å²) in [4.78, 5) is 23.6. The van der Waals surface area contributed by atoms with E-state index in [0.29, 0.717) is 6.61 Å². The molecule has 0 radical (unpaired) electrons. The second-order valence-electron chi connectivity index (χ2n) is 3.92. The SMILES string of the molecule is COCCN(CC(=O)O)C(=O)[C@H](N)C(C)C. The first-order valence-electron chi connectivity index (χ1n) is 5.15. The van der Waals surface area contributed by atoms with Gasteiger partial charge in [0.1, 0.15) is 6.54 Å². The normalized spacial score (nSPS) is 12.6. The van der Waals surface area contributed by atoms with Crippen LogP contribution in [0.2, 0.25) is 0 Å². The summed E-state index contributed by atoms with van der Waals surface area (Å²) in [6.45, 7) is 3.82. The summed E-state index contributed by atoms with van der Waals surface area (Å²) in [5.74, 6) is -1.43. The van der Waals surface area contributed by atoms with Crippen molar-refractivity contribution in [3.8, 4) is 0 Å². The van der Waals surface area contributed by atoms with Gasteiger partial charge in [0.05, 0.1) is 12.6 Å². The van der Waals surface area contributed by atoms with Gasteiger partial charge in [-0.1, -0.05) is 13.8 Å². The lowest BCUT2D eigenvalue weighted by Crippen LogP contribution is -2.49. The van der Waals surface area contributed by atoms with Gasteiger partial charge < -0.3 is 20.5 Å². The fourth-order valence-electron chi connectivity index (χ4n) is 1.13. The number of rotatable bonds is 7. The molecule has 1 atom stereocenters. The predicted octanol–water partition coefficient (Wildman–Crippen LogP) is -0.471. The zero-order valence-electron chi connectivity index (χ0n) is 9.97. The Morgan fingerprint density at radius 2 is 2.00 bits per heavy atom. The Balaban J connectivity index is 4.48. The van der Waals surface area contributed by atoms with Crippen molar-refractivity contribution in [3.05, 3.63) is 0 Å². The maximum Gasteiger partial charge on any atom is 0.323 e. The molecule has 0 aliphatic rings. The molecule has 0 aromatic heterocycles. The topological polar surface area (TPSA) is 92.9 Å². The Morgan fingerprint density at radius 3 is 2.38 bits per heavy atom. The van der Waals surface area contributed by atoms with Crippen LogP contribution in [0.25, 0.3) is 0 Å². The molecule has 0 saturated heterocycles. The van der Waals surface area contributed by atoms with E-state index in [2.05, 4.69) is 0 Å². The van der Waals surface area contributed by atoms with Crippen molar-refractivity contribution in [1.82, 2.24) is 4.90 Å². The van der Waals surface area contributed by atoms with Crippen molar-refractivity contribution < 1.29 is 19.4 Å². The zero-order chi connectivity index (χ0) is 12.7. The average Bonchev–Trinajstić information content (AvgIpc) is 2.21. The van der Waals surface area contributed by atoms with Crippen molar-refractivity contribution in [2.45, 2.75) is 19.9 Å². The minimum Gasteiger partial charge on any atom is -0.480 e. The van der Waals surface area contributed by atoms with Crippen LogP contribution in [-0.4, -0.2) is 54.7 Å². The fourth-order valence-corrected chi connectivity index (χ4v) is 1.13. The quantitative estimate of drug-likeness (QED) is 0.619. The molecule has 0 aromatic carbocycles. The molecule has 6 nitrogen and oxygen atoms in total. The van der Waals surface area contributed by atoms with Gasteiger partial charge in [-0.25, -0.2) is 0 Å². The summed E-state index contributed by atoms with van der Waals surface area (Å²) in [6, 6.07) is -0.670. The smallest absolute Gasteiger partial charge is 0.323 e. The molecule has 0 unspecified atom stereocenters. The second-order valence-corrected chi connectivity index (χ2v) is 3.92. The first-order valence-corrected chi connectivity index (χ1v) is 5.15. The van der Waals surface area contributed by atoms with Gasteiger partial charge in [-0.2, -0.15) is 0 Å². The Morgan fingerprint density at radius 1 is 1.44 bits per heavy atom. The van der Waals surface area contributed by atoms with E-state index in [1.807, 2.05) is 13.8 Å². The lowest BCUT2D eigenvalue weighted by molar-refractivity contribution is -0.145. The Labute approximate surface area is 95.4 Å². The number of hydrogen-bond acceptors (Lipinski definition) is 4. The highest BCUT2D eigenvalue weighted by molar-refractivity contribution is 5.85. The summed E-state index contributed by atoms with van der Waals surface area (Å²) in [6.07, 6.45) is 0. The first-order chi connectivity index (χ1) is 7.40. The van der Waals surface area contributed by atoms with Crippen LogP contribution < -0.4 is 5.73 Å². The van der Waals surface area contributed by atoms with Gasteiger partial charge in [-0.3, -0.25) is 9.59 Å². The molecule has 0 aliphatic heterocycles. The fraction of sp³-hybridized carbons (Fsp3) is 0.800. The highest BCUT2D eigenvalue weighted by atomic mass is 16.5. The standard InChI is InChI=1S/C10H20N2O4/c1-7(2)9(11)10(15)12(4-5-16-3)6-8(13)14/h7,9H,4-6,11H2,1-3H3,(H,13,14)/t9-/m1/s1. The van der Waals surface area contributed by atoms with E-state index in [4.69, 9.17) is 15.6 Å². The number of hydrogen-bond donors (Lipinski definition) is 2. The van der Waals surface area contributed by atoms with E-state index in [1.54, 1.807) is 0 Å². The number of nitrogens with two attached hydrogens (primary N) is 1. The predicted molar refractivity (Wildman–Crippen MR) is 58.9 cm³/mol. The van der Waals surface area contributed by atoms with Gasteiger partial charge in [0.25, 0.3) is 0 Å². The summed E-state index contributed by atoms with van der Waals surface area (Å²) in [5, 5.41) is 8.68. The van der Waals surface area contributed by atoms with E-state index in [-0.39, 0.29) is 24.9 Å². The Kier molecular flexibility index (Phi) is 6.67. The molecule has 0 saturated carbocycles. The highest BCUT2D eigenvalue weighted by Crippen LogP contribution is 2.03. The van der Waals surface area contributed by atoms with E-state index >= 15 is 0 Å². The summed E-state index contributed by atoms with van der Waals surface area (Å²) < 4.78 is 4.82. The van der Waals surface area contributed by atoms with Crippen LogP contribution in [0.15, 0.2) is 0 Å². The molecule has 16 heavy (non-hydrogen) atoms. The maximum atomic E-state index is 11.8. The molecule has 94 valence electrons. The molecule has 0 fully saturated rings.